The van der Waals surface area contributed by atoms with Crippen LogP contribution in [0, 0.1) is 18.6 Å². The number of hydrogen-bond donors (Lipinski definition) is 1. The Labute approximate surface area is 141 Å². The molecular formula is C17H15F2N3OS. The third-order valence-corrected chi connectivity index (χ3v) is 4.44. The van der Waals surface area contributed by atoms with Gasteiger partial charge in [0, 0.05) is 17.8 Å². The normalized spacial score (nSPS) is 10.8. The Morgan fingerprint density at radius 1 is 1.25 bits per heavy atom. The molecule has 0 fully saturated rings. The van der Waals surface area contributed by atoms with Crippen molar-refractivity contribution < 1.29 is 13.6 Å². The van der Waals surface area contributed by atoms with E-state index in [1.54, 1.807) is 16.0 Å². The maximum atomic E-state index is 13.1. The summed E-state index contributed by atoms with van der Waals surface area (Å²) >= 11 is 1.61. The molecule has 3 rings (SSSR count). The molecule has 1 aromatic carbocycles. The summed E-state index contributed by atoms with van der Waals surface area (Å²) in [6, 6.07) is 9.04. The molecule has 0 spiro atoms. The highest BCUT2D eigenvalue weighted by atomic mass is 32.1. The third-order valence-electron chi connectivity index (χ3n) is 3.55. The number of carbonyl (C=O) groups excluding carboxylic acids is 1. The van der Waals surface area contributed by atoms with E-state index in [0.29, 0.717) is 13.1 Å². The summed E-state index contributed by atoms with van der Waals surface area (Å²) in [6.07, 6.45) is 0. The molecule has 0 aliphatic carbocycles. The summed E-state index contributed by atoms with van der Waals surface area (Å²) in [5, 5.41) is 9.18. The van der Waals surface area contributed by atoms with Gasteiger partial charge >= 0.3 is 0 Å². The first-order valence-electron chi connectivity index (χ1n) is 7.36. The van der Waals surface area contributed by atoms with Crippen LogP contribution in [0.3, 0.4) is 0 Å². The van der Waals surface area contributed by atoms with Crippen molar-refractivity contribution >= 4 is 17.2 Å². The van der Waals surface area contributed by atoms with Crippen LogP contribution in [0.25, 0.3) is 10.6 Å². The van der Waals surface area contributed by atoms with E-state index in [4.69, 9.17) is 0 Å². The molecule has 0 radical (unpaired) electrons. The molecule has 1 amide bonds. The number of amides is 1. The number of aromatic nitrogens is 2. The van der Waals surface area contributed by atoms with E-state index < -0.39 is 17.5 Å². The van der Waals surface area contributed by atoms with Gasteiger partial charge < -0.3 is 5.32 Å². The van der Waals surface area contributed by atoms with E-state index in [1.165, 1.54) is 6.07 Å². The second kappa shape index (κ2) is 6.92. The minimum Gasteiger partial charge on any atom is -0.350 e. The maximum Gasteiger partial charge on any atom is 0.251 e. The van der Waals surface area contributed by atoms with Gasteiger partial charge in [-0.25, -0.2) is 8.78 Å². The smallest absolute Gasteiger partial charge is 0.251 e. The molecule has 0 aliphatic heterocycles. The molecule has 7 heteroatoms. The Balaban J connectivity index is 1.60. The molecule has 0 atom stereocenters. The van der Waals surface area contributed by atoms with Gasteiger partial charge in [-0.05, 0) is 42.6 Å². The Bertz CT molecular complexity index is 859. The van der Waals surface area contributed by atoms with Crippen LogP contribution in [0.5, 0.6) is 0 Å². The summed E-state index contributed by atoms with van der Waals surface area (Å²) in [4.78, 5) is 13.0. The first-order chi connectivity index (χ1) is 11.5. The minimum atomic E-state index is -1.04. The number of nitrogens with zero attached hydrogens (tertiary/aromatic N) is 2. The van der Waals surface area contributed by atoms with E-state index in [2.05, 4.69) is 10.4 Å². The zero-order valence-electron chi connectivity index (χ0n) is 12.9. The van der Waals surface area contributed by atoms with Gasteiger partial charge in [-0.1, -0.05) is 6.07 Å². The Morgan fingerprint density at radius 3 is 2.79 bits per heavy atom. The summed E-state index contributed by atoms with van der Waals surface area (Å²) in [5.74, 6) is -2.46. The monoisotopic (exact) mass is 347 g/mol. The second-order valence-electron chi connectivity index (χ2n) is 5.26. The lowest BCUT2D eigenvalue weighted by Crippen LogP contribution is -2.27. The van der Waals surface area contributed by atoms with E-state index in [0.717, 1.165) is 28.4 Å². The maximum absolute atomic E-state index is 13.1. The van der Waals surface area contributed by atoms with E-state index in [1.807, 2.05) is 30.5 Å². The van der Waals surface area contributed by atoms with Crippen LogP contribution >= 0.6 is 11.3 Å². The van der Waals surface area contributed by atoms with Crippen LogP contribution in [0.2, 0.25) is 0 Å². The Hall–Kier alpha value is -2.54. The van der Waals surface area contributed by atoms with Crippen LogP contribution in [0.1, 0.15) is 16.1 Å². The van der Waals surface area contributed by atoms with Gasteiger partial charge in [0.15, 0.2) is 11.6 Å². The van der Waals surface area contributed by atoms with Crippen molar-refractivity contribution in [1.29, 1.82) is 0 Å². The van der Waals surface area contributed by atoms with Gasteiger partial charge in [-0.15, -0.1) is 11.3 Å². The fraction of sp³-hybridized carbons (Fsp3) is 0.176. The van der Waals surface area contributed by atoms with Gasteiger partial charge in [0.1, 0.15) is 5.69 Å². The van der Waals surface area contributed by atoms with Gasteiger partial charge in [0.2, 0.25) is 0 Å². The summed E-state index contributed by atoms with van der Waals surface area (Å²) < 4.78 is 27.8. The zero-order valence-corrected chi connectivity index (χ0v) is 13.7. The fourth-order valence-electron chi connectivity index (χ4n) is 2.30. The number of hydrogen-bond acceptors (Lipinski definition) is 3. The molecule has 2 aromatic heterocycles. The first kappa shape index (κ1) is 16.3. The number of halogens is 2. The lowest BCUT2D eigenvalue weighted by Gasteiger charge is -2.07. The standard InChI is InChI=1S/C17H15F2N3OS/c1-11-9-15(16-3-2-8-24-16)21-22(11)7-6-20-17(23)12-4-5-13(18)14(19)10-12/h2-5,8-10H,6-7H2,1H3,(H,20,23). The number of rotatable bonds is 5. The van der Waals surface area contributed by atoms with Gasteiger partial charge in [-0.2, -0.15) is 5.10 Å². The highest BCUT2D eigenvalue weighted by molar-refractivity contribution is 7.13. The van der Waals surface area contributed by atoms with Crippen LogP contribution in [-0.2, 0) is 6.54 Å². The number of carbonyl (C=O) groups is 1. The van der Waals surface area contributed by atoms with Gasteiger partial charge in [-0.3, -0.25) is 9.48 Å². The van der Waals surface area contributed by atoms with Crippen molar-refractivity contribution in [2.75, 3.05) is 6.54 Å². The SMILES string of the molecule is Cc1cc(-c2cccs2)nn1CCNC(=O)c1ccc(F)c(F)c1. The summed E-state index contributed by atoms with van der Waals surface area (Å²) in [7, 11) is 0. The van der Waals surface area contributed by atoms with Gasteiger partial charge in [0.05, 0.1) is 11.4 Å². The molecule has 1 N–H and O–H groups in total. The van der Waals surface area contributed by atoms with Crippen molar-refractivity contribution in [3.05, 3.63) is 64.7 Å². The molecular weight excluding hydrogens is 332 g/mol. The number of nitrogens with one attached hydrogen (secondary N) is 1. The van der Waals surface area contributed by atoms with E-state index >= 15 is 0 Å². The van der Waals surface area contributed by atoms with Crippen molar-refractivity contribution in [2.45, 2.75) is 13.5 Å². The van der Waals surface area contributed by atoms with Crippen molar-refractivity contribution in [3.8, 4) is 10.6 Å². The first-order valence-corrected chi connectivity index (χ1v) is 8.24. The van der Waals surface area contributed by atoms with Crippen LogP contribution in [0.15, 0.2) is 41.8 Å². The predicted molar refractivity (Wildman–Crippen MR) is 89.0 cm³/mol. The lowest BCUT2D eigenvalue weighted by atomic mass is 10.2. The Kier molecular flexibility index (Phi) is 4.71. The van der Waals surface area contributed by atoms with Gasteiger partial charge in [0.25, 0.3) is 5.91 Å². The van der Waals surface area contributed by atoms with Crippen molar-refractivity contribution in [2.24, 2.45) is 0 Å². The molecule has 0 bridgehead atoms. The molecule has 2 heterocycles. The predicted octanol–water partition coefficient (Wildman–Crippen LogP) is 3.63. The molecule has 0 saturated carbocycles. The minimum absolute atomic E-state index is 0.0883. The third kappa shape index (κ3) is 3.51. The average Bonchev–Trinajstić information content (AvgIpc) is 3.20. The molecule has 0 aliphatic rings. The van der Waals surface area contributed by atoms with E-state index in [-0.39, 0.29) is 5.56 Å². The fourth-order valence-corrected chi connectivity index (χ4v) is 2.98. The second-order valence-corrected chi connectivity index (χ2v) is 6.20. The average molecular weight is 347 g/mol. The molecule has 0 saturated heterocycles. The number of thiophene rings is 1. The molecule has 0 unspecified atom stereocenters. The Morgan fingerprint density at radius 2 is 2.08 bits per heavy atom. The molecule has 24 heavy (non-hydrogen) atoms. The van der Waals surface area contributed by atoms with Crippen LogP contribution < -0.4 is 5.32 Å². The molecule has 124 valence electrons. The topological polar surface area (TPSA) is 46.9 Å². The highest BCUT2D eigenvalue weighted by Gasteiger charge is 2.10. The number of benzene rings is 1. The quantitative estimate of drug-likeness (QED) is 0.766. The molecule has 3 aromatic rings. The largest absolute Gasteiger partial charge is 0.350 e. The zero-order chi connectivity index (χ0) is 17.1. The van der Waals surface area contributed by atoms with Crippen LogP contribution in [0.4, 0.5) is 8.78 Å². The van der Waals surface area contributed by atoms with E-state index in [9.17, 15) is 13.6 Å². The summed E-state index contributed by atoms with van der Waals surface area (Å²) in [5.41, 5.74) is 1.97. The number of aryl methyl sites for hydroxylation is 1. The molecule has 4 nitrogen and oxygen atoms in total. The highest BCUT2D eigenvalue weighted by Crippen LogP contribution is 2.23. The van der Waals surface area contributed by atoms with Crippen LogP contribution in [-0.4, -0.2) is 22.2 Å². The summed E-state index contributed by atoms with van der Waals surface area (Å²) in [6.45, 7) is 2.78. The lowest BCUT2D eigenvalue weighted by molar-refractivity contribution is 0.0951. The van der Waals surface area contributed by atoms with Crippen molar-refractivity contribution in [3.63, 3.8) is 0 Å². The van der Waals surface area contributed by atoms with Crippen molar-refractivity contribution in [1.82, 2.24) is 15.1 Å².